The molecule has 2 aromatic rings. The van der Waals surface area contributed by atoms with E-state index in [9.17, 15) is 13.7 Å². The van der Waals surface area contributed by atoms with Crippen molar-refractivity contribution in [2.45, 2.75) is 69.6 Å². The summed E-state index contributed by atoms with van der Waals surface area (Å²) in [6.45, 7) is 0.930. The number of hydrogen-bond acceptors (Lipinski definition) is 5. The molecule has 0 aromatic heterocycles. The quantitative estimate of drug-likeness (QED) is 0.548. The zero-order valence-corrected chi connectivity index (χ0v) is 20.6. The second kappa shape index (κ2) is 10.9. The highest BCUT2D eigenvalue weighted by Gasteiger charge is 2.41. The highest BCUT2D eigenvalue weighted by Crippen LogP contribution is 2.41. The number of nitrogens with one attached hydrogen (secondary N) is 1. The van der Waals surface area contributed by atoms with Crippen molar-refractivity contribution < 1.29 is 17.9 Å². The molecule has 0 aliphatic heterocycles. The molecule has 34 heavy (non-hydrogen) atoms. The first-order chi connectivity index (χ1) is 16.4. The van der Waals surface area contributed by atoms with Crippen molar-refractivity contribution >= 4 is 10.0 Å². The van der Waals surface area contributed by atoms with Crippen molar-refractivity contribution in [3.63, 3.8) is 0 Å². The summed E-state index contributed by atoms with van der Waals surface area (Å²) < 4.78 is 38.1. The molecule has 0 amide bonds. The first-order valence-electron chi connectivity index (χ1n) is 12.1. The van der Waals surface area contributed by atoms with E-state index in [0.29, 0.717) is 38.4 Å². The minimum absolute atomic E-state index is 0.140. The Morgan fingerprint density at radius 3 is 2.44 bits per heavy atom. The van der Waals surface area contributed by atoms with Crippen LogP contribution in [0.3, 0.4) is 0 Å². The van der Waals surface area contributed by atoms with E-state index in [2.05, 4.69) is 41.1 Å². The molecule has 2 saturated carbocycles. The monoisotopic (exact) mass is 482 g/mol. The minimum Gasteiger partial charge on any atom is -0.489 e. The van der Waals surface area contributed by atoms with Gasteiger partial charge in [0.2, 0.25) is 10.0 Å². The summed E-state index contributed by atoms with van der Waals surface area (Å²) in [5, 5.41) is 9.80. The maximum Gasteiger partial charge on any atom is 0.208 e. The van der Waals surface area contributed by atoms with E-state index in [1.807, 2.05) is 24.3 Å². The van der Waals surface area contributed by atoms with Crippen molar-refractivity contribution in [3.8, 4) is 11.8 Å². The molecular weight excluding hydrogens is 448 g/mol. The second-order valence-corrected chi connectivity index (χ2v) is 11.6. The lowest BCUT2D eigenvalue weighted by Gasteiger charge is -2.32. The average molecular weight is 483 g/mol. The van der Waals surface area contributed by atoms with Gasteiger partial charge in [-0.25, -0.2) is 13.1 Å². The molecule has 2 aromatic carbocycles. The Bertz CT molecular complexity index is 1090. The van der Waals surface area contributed by atoms with E-state index in [0.717, 1.165) is 37.0 Å². The second-order valence-electron chi connectivity index (χ2n) is 9.82. The first kappa shape index (κ1) is 24.7. The highest BCUT2D eigenvalue weighted by atomic mass is 32.2. The molecule has 4 rings (SSSR count). The van der Waals surface area contributed by atoms with E-state index >= 15 is 0 Å². The van der Waals surface area contributed by atoms with Crippen LogP contribution in [0.1, 0.15) is 62.0 Å². The lowest BCUT2D eigenvalue weighted by molar-refractivity contribution is -0.0107. The third-order valence-corrected chi connectivity index (χ3v) is 7.85. The smallest absolute Gasteiger partial charge is 0.208 e. The van der Waals surface area contributed by atoms with Crippen LogP contribution in [0.25, 0.3) is 0 Å². The molecule has 1 N–H and O–H groups in total. The summed E-state index contributed by atoms with van der Waals surface area (Å²) in [5.41, 5.74) is 1.81. The number of para-hydroxylation sites is 1. The molecule has 2 fully saturated rings. The van der Waals surface area contributed by atoms with Crippen LogP contribution >= 0.6 is 0 Å². The van der Waals surface area contributed by atoms with Crippen LogP contribution in [0.4, 0.5) is 0 Å². The fraction of sp³-hybridized carbons (Fsp3) is 0.519. The van der Waals surface area contributed by atoms with Crippen molar-refractivity contribution in [3.05, 3.63) is 65.7 Å². The van der Waals surface area contributed by atoms with E-state index in [-0.39, 0.29) is 12.1 Å². The fourth-order valence-electron chi connectivity index (χ4n) is 5.30. The Kier molecular flexibility index (Phi) is 7.92. The normalized spacial score (nSPS) is 27.2. The maximum absolute atomic E-state index is 11.5. The summed E-state index contributed by atoms with van der Waals surface area (Å²) in [6, 6.07) is 20.8. The van der Waals surface area contributed by atoms with Gasteiger partial charge in [-0.15, -0.1) is 0 Å². The number of rotatable bonds is 9. The van der Waals surface area contributed by atoms with Crippen molar-refractivity contribution in [2.24, 2.45) is 5.41 Å². The van der Waals surface area contributed by atoms with Crippen molar-refractivity contribution in [1.29, 1.82) is 5.26 Å². The Morgan fingerprint density at radius 1 is 1.03 bits per heavy atom. The zero-order valence-electron chi connectivity index (χ0n) is 19.8. The summed E-state index contributed by atoms with van der Waals surface area (Å²) >= 11 is 0. The fourth-order valence-corrected chi connectivity index (χ4v) is 6.10. The van der Waals surface area contributed by atoms with E-state index in [1.54, 1.807) is 0 Å². The number of nitrogens with zero attached hydrogens (tertiary/aromatic N) is 1. The van der Waals surface area contributed by atoms with Gasteiger partial charge in [0.05, 0.1) is 30.5 Å². The predicted molar refractivity (Wildman–Crippen MR) is 132 cm³/mol. The molecule has 182 valence electrons. The number of benzene rings is 2. The third-order valence-electron chi connectivity index (χ3n) is 7.09. The van der Waals surface area contributed by atoms with Gasteiger partial charge in [0.1, 0.15) is 12.4 Å². The largest absolute Gasteiger partial charge is 0.489 e. The number of sulfonamides is 1. The molecule has 6 nitrogen and oxygen atoms in total. The highest BCUT2D eigenvalue weighted by molar-refractivity contribution is 7.88. The zero-order chi connectivity index (χ0) is 24.0. The molecule has 0 bridgehead atoms. The molecule has 2 atom stereocenters. The van der Waals surface area contributed by atoms with Crippen LogP contribution in [0, 0.1) is 16.7 Å². The van der Waals surface area contributed by atoms with Gasteiger partial charge in [-0.3, -0.25) is 0 Å². The number of hydrogen-bond donors (Lipinski definition) is 1. The van der Waals surface area contributed by atoms with Crippen LogP contribution < -0.4 is 9.46 Å². The summed E-state index contributed by atoms with van der Waals surface area (Å²) in [6.07, 6.45) is 7.10. The average Bonchev–Trinajstić information content (AvgIpc) is 3.24. The SMILES string of the molecule is CS(=O)(=O)N[C@H]1CC[C@@](C#N)(COC2CCC(c3ccccc3OCc3ccccc3)CC2)C1. The molecule has 7 heteroatoms. The minimum atomic E-state index is -3.27. The van der Waals surface area contributed by atoms with Crippen LogP contribution in [-0.2, 0) is 21.4 Å². The van der Waals surface area contributed by atoms with Crippen molar-refractivity contribution in [2.75, 3.05) is 12.9 Å². The van der Waals surface area contributed by atoms with Gasteiger partial charge in [0, 0.05) is 6.04 Å². The van der Waals surface area contributed by atoms with Crippen molar-refractivity contribution in [1.82, 2.24) is 4.72 Å². The Labute approximate surface area is 203 Å². The topological polar surface area (TPSA) is 88.4 Å². The Balaban J connectivity index is 1.28. The standard InChI is InChI=1S/C27H34N2O4S/c1-34(30,31)29-23-15-16-27(17-23,19-28)20-33-24-13-11-22(12-14-24)25-9-5-6-10-26(25)32-18-21-7-3-2-4-8-21/h2-10,22-24,29H,11-18,20H2,1H3/t22?,23-,24?,27+/m0/s1. The Morgan fingerprint density at radius 2 is 1.74 bits per heavy atom. The van der Waals surface area contributed by atoms with Crippen LogP contribution in [0.5, 0.6) is 5.75 Å². The van der Waals surface area contributed by atoms with Crippen LogP contribution in [0.2, 0.25) is 0 Å². The molecule has 0 heterocycles. The van der Waals surface area contributed by atoms with E-state index in [4.69, 9.17) is 9.47 Å². The first-order valence-corrected chi connectivity index (χ1v) is 14.0. The van der Waals surface area contributed by atoms with E-state index < -0.39 is 15.4 Å². The predicted octanol–water partition coefficient (Wildman–Crippen LogP) is 4.92. The van der Waals surface area contributed by atoms with E-state index in [1.165, 1.54) is 11.8 Å². The van der Waals surface area contributed by atoms with Gasteiger partial charge in [0.15, 0.2) is 0 Å². The molecule has 2 aliphatic carbocycles. The summed E-state index contributed by atoms with van der Waals surface area (Å²) in [7, 11) is -3.27. The lowest BCUT2D eigenvalue weighted by Crippen LogP contribution is -2.34. The van der Waals surface area contributed by atoms with Gasteiger partial charge in [-0.1, -0.05) is 48.5 Å². The number of nitriles is 1. The molecule has 0 saturated heterocycles. The molecule has 0 unspecified atom stereocenters. The number of ether oxygens (including phenoxy) is 2. The van der Waals surface area contributed by atoms with Gasteiger partial charge >= 0.3 is 0 Å². The van der Waals surface area contributed by atoms with Crippen LogP contribution in [-0.4, -0.2) is 33.4 Å². The molecule has 0 radical (unpaired) electrons. The summed E-state index contributed by atoms with van der Waals surface area (Å²) in [5.74, 6) is 1.39. The summed E-state index contributed by atoms with van der Waals surface area (Å²) in [4.78, 5) is 0. The Hall–Kier alpha value is -2.40. The van der Waals surface area contributed by atoms with Gasteiger partial charge < -0.3 is 9.47 Å². The van der Waals surface area contributed by atoms with Gasteiger partial charge in [0.25, 0.3) is 0 Å². The molecular formula is C27H34N2O4S. The lowest BCUT2D eigenvalue weighted by atomic mass is 9.82. The third kappa shape index (κ3) is 6.59. The van der Waals surface area contributed by atoms with Crippen LogP contribution in [0.15, 0.2) is 54.6 Å². The van der Waals surface area contributed by atoms with Gasteiger partial charge in [-0.2, -0.15) is 5.26 Å². The maximum atomic E-state index is 11.5. The molecule has 0 spiro atoms. The van der Waals surface area contributed by atoms with Gasteiger partial charge in [-0.05, 0) is 68.1 Å². The molecule has 2 aliphatic rings.